The summed E-state index contributed by atoms with van der Waals surface area (Å²) in [6.07, 6.45) is 1.07. The molecule has 1 saturated heterocycles. The number of rotatable bonds is 4. The number of ether oxygens (including phenoxy) is 1. The number of aliphatic hydroxyl groups is 1. The molecular formula is C19H26N2O3. The number of aromatic nitrogens is 1. The van der Waals surface area contributed by atoms with Crippen LogP contribution >= 0.6 is 0 Å². The summed E-state index contributed by atoms with van der Waals surface area (Å²) < 4.78 is 7.46. The molecule has 5 nitrogen and oxygen atoms in total. The van der Waals surface area contributed by atoms with E-state index in [-0.39, 0.29) is 12.0 Å². The second kappa shape index (κ2) is 6.95. The van der Waals surface area contributed by atoms with Crippen LogP contribution in [0.2, 0.25) is 0 Å². The van der Waals surface area contributed by atoms with Gasteiger partial charge in [0.1, 0.15) is 0 Å². The fourth-order valence-corrected chi connectivity index (χ4v) is 3.51. The Balaban J connectivity index is 1.91. The number of benzene rings is 1. The van der Waals surface area contributed by atoms with Gasteiger partial charge in [0.25, 0.3) is 5.91 Å². The van der Waals surface area contributed by atoms with Crippen LogP contribution in [0, 0.1) is 13.8 Å². The average molecular weight is 330 g/mol. The first-order chi connectivity index (χ1) is 11.5. The molecular weight excluding hydrogens is 304 g/mol. The van der Waals surface area contributed by atoms with Gasteiger partial charge in [-0.1, -0.05) is 0 Å². The van der Waals surface area contributed by atoms with Crippen molar-refractivity contribution in [1.82, 2.24) is 9.47 Å². The molecule has 0 saturated carbocycles. The number of carbonyl (C=O) groups is 1. The molecule has 0 bridgehead atoms. The first-order valence-electron chi connectivity index (χ1n) is 8.58. The van der Waals surface area contributed by atoms with Crippen LogP contribution in [0.4, 0.5) is 0 Å². The average Bonchev–Trinajstić information content (AvgIpc) is 2.84. The molecule has 1 fully saturated rings. The molecule has 0 unspecified atom stereocenters. The van der Waals surface area contributed by atoms with E-state index in [0.29, 0.717) is 32.5 Å². The molecule has 3 rings (SSSR count). The molecule has 2 aromatic rings. The number of hydrogen-bond donors (Lipinski definition) is 1. The molecule has 0 aliphatic carbocycles. The Kier molecular flexibility index (Phi) is 4.92. The molecule has 2 heterocycles. The Bertz CT molecular complexity index is 743. The van der Waals surface area contributed by atoms with Crippen LogP contribution in [0.3, 0.4) is 0 Å². The predicted molar refractivity (Wildman–Crippen MR) is 94.4 cm³/mol. The minimum Gasteiger partial charge on any atom is -0.393 e. The van der Waals surface area contributed by atoms with Crippen LogP contribution in [0.5, 0.6) is 0 Å². The van der Waals surface area contributed by atoms with Crippen molar-refractivity contribution >= 4 is 16.8 Å². The van der Waals surface area contributed by atoms with E-state index >= 15 is 0 Å². The number of hydrogen-bond acceptors (Lipinski definition) is 3. The molecule has 24 heavy (non-hydrogen) atoms. The van der Waals surface area contributed by atoms with E-state index in [1.807, 2.05) is 23.1 Å². The Morgan fingerprint density at radius 2 is 2.00 bits per heavy atom. The van der Waals surface area contributed by atoms with Crippen LogP contribution in [0.25, 0.3) is 10.9 Å². The zero-order valence-corrected chi connectivity index (χ0v) is 14.7. The third kappa shape index (κ3) is 3.06. The van der Waals surface area contributed by atoms with Gasteiger partial charge in [-0.2, -0.15) is 0 Å². The molecule has 130 valence electrons. The highest BCUT2D eigenvalue weighted by atomic mass is 16.5. The van der Waals surface area contributed by atoms with Crippen molar-refractivity contribution in [2.75, 3.05) is 26.8 Å². The second-order valence-corrected chi connectivity index (χ2v) is 6.61. The Hall–Kier alpha value is -1.85. The molecule has 1 aliphatic rings. The number of carbonyl (C=O) groups excluding carboxylic acids is 1. The number of piperidine rings is 1. The zero-order valence-electron chi connectivity index (χ0n) is 14.7. The Labute approximate surface area is 142 Å². The lowest BCUT2D eigenvalue weighted by atomic mass is 10.0. The normalized spacial score (nSPS) is 16.1. The van der Waals surface area contributed by atoms with Crippen LogP contribution < -0.4 is 0 Å². The van der Waals surface area contributed by atoms with Crippen LogP contribution in [-0.4, -0.2) is 53.4 Å². The molecule has 1 aromatic carbocycles. The fraction of sp³-hybridized carbons (Fsp3) is 0.526. The maximum Gasteiger partial charge on any atom is 0.253 e. The van der Waals surface area contributed by atoms with Gasteiger partial charge in [0.05, 0.1) is 12.7 Å². The van der Waals surface area contributed by atoms with Crippen molar-refractivity contribution < 1.29 is 14.6 Å². The third-order valence-corrected chi connectivity index (χ3v) is 5.16. The lowest BCUT2D eigenvalue weighted by Gasteiger charge is -2.29. The summed E-state index contributed by atoms with van der Waals surface area (Å²) in [7, 11) is 1.71. The standard InChI is InChI=1S/C19H26N2O3/c1-13-14(2)21(10-11-24-3)18-5-4-15(12-17(13)18)19(23)20-8-6-16(22)7-9-20/h4-5,12,16,22H,6-11H2,1-3H3. The van der Waals surface area contributed by atoms with Crippen molar-refractivity contribution in [3.63, 3.8) is 0 Å². The quantitative estimate of drug-likeness (QED) is 0.937. The van der Waals surface area contributed by atoms with Crippen molar-refractivity contribution in [1.29, 1.82) is 0 Å². The van der Waals surface area contributed by atoms with Crippen molar-refractivity contribution in [2.24, 2.45) is 0 Å². The van der Waals surface area contributed by atoms with Crippen LogP contribution in [-0.2, 0) is 11.3 Å². The number of aliphatic hydroxyl groups excluding tert-OH is 1. The van der Waals surface area contributed by atoms with Gasteiger partial charge in [0.15, 0.2) is 0 Å². The topological polar surface area (TPSA) is 54.7 Å². The lowest BCUT2D eigenvalue weighted by molar-refractivity contribution is 0.0546. The minimum absolute atomic E-state index is 0.0606. The van der Waals surface area contributed by atoms with E-state index < -0.39 is 0 Å². The largest absolute Gasteiger partial charge is 0.393 e. The van der Waals surface area contributed by atoms with E-state index in [1.165, 1.54) is 11.3 Å². The lowest BCUT2D eigenvalue weighted by Crippen LogP contribution is -2.40. The Morgan fingerprint density at radius 1 is 1.29 bits per heavy atom. The molecule has 0 spiro atoms. The monoisotopic (exact) mass is 330 g/mol. The van der Waals surface area contributed by atoms with Crippen molar-refractivity contribution in [3.05, 3.63) is 35.0 Å². The van der Waals surface area contributed by atoms with E-state index in [1.54, 1.807) is 7.11 Å². The van der Waals surface area contributed by atoms with Crippen LogP contribution in [0.15, 0.2) is 18.2 Å². The summed E-state index contributed by atoms with van der Waals surface area (Å²) in [6.45, 7) is 6.95. The van der Waals surface area contributed by atoms with E-state index in [0.717, 1.165) is 23.0 Å². The number of methoxy groups -OCH3 is 1. The highest BCUT2D eigenvalue weighted by molar-refractivity contribution is 5.99. The zero-order chi connectivity index (χ0) is 17.3. The van der Waals surface area contributed by atoms with Crippen LogP contribution in [0.1, 0.15) is 34.5 Å². The fourth-order valence-electron chi connectivity index (χ4n) is 3.51. The molecule has 0 atom stereocenters. The number of amides is 1. The van der Waals surface area contributed by atoms with Gasteiger partial charge in [-0.25, -0.2) is 0 Å². The highest BCUT2D eigenvalue weighted by Crippen LogP contribution is 2.27. The summed E-state index contributed by atoms with van der Waals surface area (Å²) >= 11 is 0. The number of fused-ring (bicyclic) bond motifs is 1. The third-order valence-electron chi connectivity index (χ3n) is 5.16. The van der Waals surface area contributed by atoms with Crippen molar-refractivity contribution in [2.45, 2.75) is 39.3 Å². The molecule has 1 aliphatic heterocycles. The van der Waals surface area contributed by atoms with E-state index in [4.69, 9.17) is 4.74 Å². The molecule has 1 N–H and O–H groups in total. The number of aryl methyl sites for hydroxylation is 1. The first kappa shape index (κ1) is 17.0. The van der Waals surface area contributed by atoms with Gasteiger partial charge in [-0.3, -0.25) is 4.79 Å². The second-order valence-electron chi connectivity index (χ2n) is 6.61. The van der Waals surface area contributed by atoms with Crippen molar-refractivity contribution in [3.8, 4) is 0 Å². The Morgan fingerprint density at radius 3 is 2.67 bits per heavy atom. The van der Waals surface area contributed by atoms with E-state index in [9.17, 15) is 9.90 Å². The maximum atomic E-state index is 12.7. The van der Waals surface area contributed by atoms with Gasteiger partial charge in [0.2, 0.25) is 0 Å². The maximum absolute atomic E-state index is 12.7. The predicted octanol–water partition coefficient (Wildman–Crippen LogP) is 2.50. The minimum atomic E-state index is -0.267. The summed E-state index contributed by atoms with van der Waals surface area (Å²) in [6, 6.07) is 5.96. The van der Waals surface area contributed by atoms with Gasteiger partial charge >= 0.3 is 0 Å². The summed E-state index contributed by atoms with van der Waals surface area (Å²) in [4.78, 5) is 14.6. The van der Waals surface area contributed by atoms with Gasteiger partial charge in [0, 0.05) is 48.9 Å². The number of nitrogens with zero attached hydrogens (tertiary/aromatic N) is 2. The van der Waals surface area contributed by atoms with Gasteiger partial charge in [-0.15, -0.1) is 0 Å². The molecule has 1 amide bonds. The summed E-state index contributed by atoms with van der Waals surface area (Å²) in [5, 5.41) is 10.7. The SMILES string of the molecule is COCCn1c(C)c(C)c2cc(C(=O)N3CCC(O)CC3)ccc21. The molecule has 1 aromatic heterocycles. The van der Waals surface area contributed by atoms with Gasteiger partial charge in [-0.05, 0) is 50.5 Å². The highest BCUT2D eigenvalue weighted by Gasteiger charge is 2.23. The smallest absolute Gasteiger partial charge is 0.253 e. The molecule has 5 heteroatoms. The first-order valence-corrected chi connectivity index (χ1v) is 8.58. The summed E-state index contributed by atoms with van der Waals surface area (Å²) in [5.41, 5.74) is 4.30. The molecule has 0 radical (unpaired) electrons. The van der Waals surface area contributed by atoms with Gasteiger partial charge < -0.3 is 19.3 Å². The van der Waals surface area contributed by atoms with E-state index in [2.05, 4.69) is 18.4 Å². The summed E-state index contributed by atoms with van der Waals surface area (Å²) in [5.74, 6) is 0.0606. The number of likely N-dealkylation sites (tertiary alicyclic amines) is 1.